The van der Waals surface area contributed by atoms with Crippen molar-refractivity contribution in [3.05, 3.63) is 0 Å². The zero-order valence-corrected chi connectivity index (χ0v) is 10.8. The lowest BCUT2D eigenvalue weighted by molar-refractivity contribution is -0.132. The van der Waals surface area contributed by atoms with Crippen molar-refractivity contribution in [2.45, 2.75) is 19.4 Å². The van der Waals surface area contributed by atoms with Gasteiger partial charge >= 0.3 is 6.03 Å². The van der Waals surface area contributed by atoms with Gasteiger partial charge in [0.05, 0.1) is 0 Å². The van der Waals surface area contributed by atoms with Crippen LogP contribution < -0.4 is 10.6 Å². The molecule has 17 heavy (non-hydrogen) atoms. The fraction of sp³-hybridized carbons (Fsp3) is 0.700. The number of urea groups is 1. The van der Waals surface area contributed by atoms with E-state index in [2.05, 4.69) is 10.6 Å². The van der Waals surface area contributed by atoms with Gasteiger partial charge in [-0.25, -0.2) is 4.79 Å². The highest BCUT2D eigenvalue weighted by atomic mass is 32.2. The maximum absolute atomic E-state index is 11.8. The van der Waals surface area contributed by atoms with Gasteiger partial charge in [0.1, 0.15) is 12.6 Å². The van der Waals surface area contributed by atoms with Crippen LogP contribution in [0, 0.1) is 0 Å². The summed E-state index contributed by atoms with van der Waals surface area (Å²) in [5, 5.41) is 5.13. The third-order valence-corrected chi connectivity index (χ3v) is 3.04. The molecule has 1 fully saturated rings. The van der Waals surface area contributed by atoms with Gasteiger partial charge in [-0.15, -0.1) is 0 Å². The van der Waals surface area contributed by atoms with Crippen LogP contribution in [-0.4, -0.2) is 53.9 Å². The summed E-state index contributed by atoms with van der Waals surface area (Å²) in [6.07, 6.45) is 2.53. The van der Waals surface area contributed by atoms with E-state index in [1.165, 1.54) is 0 Å². The van der Waals surface area contributed by atoms with E-state index >= 15 is 0 Å². The average Bonchev–Trinajstić information content (AvgIpc) is 2.54. The first kappa shape index (κ1) is 13.8. The fourth-order valence-electron chi connectivity index (χ4n) is 1.55. The summed E-state index contributed by atoms with van der Waals surface area (Å²) in [5.74, 6) is 0.169. The Hall–Kier alpha value is -1.24. The smallest absolute Gasteiger partial charge is 0.325 e. The van der Waals surface area contributed by atoms with Crippen LogP contribution in [0.15, 0.2) is 0 Å². The van der Waals surface area contributed by atoms with E-state index in [4.69, 9.17) is 0 Å². The van der Waals surface area contributed by atoms with E-state index in [0.717, 1.165) is 10.7 Å². The molecular formula is C10H17N3O3S. The summed E-state index contributed by atoms with van der Waals surface area (Å²) in [6, 6.07) is -0.961. The van der Waals surface area contributed by atoms with Crippen molar-refractivity contribution in [1.29, 1.82) is 0 Å². The second-order valence-corrected chi connectivity index (χ2v) is 4.65. The van der Waals surface area contributed by atoms with Crippen LogP contribution in [0.2, 0.25) is 0 Å². The van der Waals surface area contributed by atoms with Gasteiger partial charge in [0, 0.05) is 6.54 Å². The van der Waals surface area contributed by atoms with Crippen LogP contribution in [0.25, 0.3) is 0 Å². The predicted octanol–water partition coefficient (Wildman–Crippen LogP) is -0.204. The highest BCUT2D eigenvalue weighted by Crippen LogP contribution is 2.11. The Bertz CT molecular complexity index is 322. The first-order valence-corrected chi connectivity index (χ1v) is 6.87. The highest BCUT2D eigenvalue weighted by molar-refractivity contribution is 7.98. The van der Waals surface area contributed by atoms with Gasteiger partial charge in [0.2, 0.25) is 5.91 Å². The molecule has 1 aliphatic heterocycles. The highest BCUT2D eigenvalue weighted by Gasteiger charge is 2.38. The maximum Gasteiger partial charge on any atom is 0.325 e. The molecular weight excluding hydrogens is 242 g/mol. The number of amides is 4. The first-order valence-electron chi connectivity index (χ1n) is 5.47. The molecule has 0 spiro atoms. The number of rotatable bonds is 6. The number of thioether (sulfide) groups is 1. The molecule has 1 aliphatic rings. The van der Waals surface area contributed by atoms with E-state index in [-0.39, 0.29) is 18.4 Å². The van der Waals surface area contributed by atoms with Crippen LogP contribution in [0.1, 0.15) is 13.3 Å². The minimum Gasteiger partial charge on any atom is -0.355 e. The zero-order chi connectivity index (χ0) is 12.8. The summed E-state index contributed by atoms with van der Waals surface area (Å²) < 4.78 is 0. The lowest BCUT2D eigenvalue weighted by atomic mass is 10.2. The molecule has 1 saturated heterocycles. The topological polar surface area (TPSA) is 78.5 Å². The van der Waals surface area contributed by atoms with Gasteiger partial charge in [-0.2, -0.15) is 11.8 Å². The Labute approximate surface area is 104 Å². The summed E-state index contributed by atoms with van der Waals surface area (Å²) >= 11 is 1.61. The Morgan fingerprint density at radius 2 is 2.24 bits per heavy atom. The van der Waals surface area contributed by atoms with Crippen LogP contribution in [0.4, 0.5) is 4.79 Å². The maximum atomic E-state index is 11.8. The van der Waals surface area contributed by atoms with Gasteiger partial charge in [0.15, 0.2) is 0 Å². The molecule has 0 aromatic heterocycles. The number of carbonyl (C=O) groups excluding carboxylic acids is 3. The number of likely N-dealkylation sites (N-methyl/N-ethyl adjacent to an activating group) is 1. The second kappa shape index (κ2) is 6.48. The zero-order valence-electron chi connectivity index (χ0n) is 9.99. The standard InChI is InChI=1S/C10H17N3O3S/c1-3-11-8(14)6-13-9(15)7(4-5-17-2)12-10(13)16/h7H,3-6H2,1-2H3,(H,11,14)(H,12,16). The van der Waals surface area contributed by atoms with E-state index in [1.54, 1.807) is 18.7 Å². The minimum absolute atomic E-state index is 0.200. The van der Waals surface area contributed by atoms with Crippen molar-refractivity contribution in [3.8, 4) is 0 Å². The number of hydrogen-bond acceptors (Lipinski definition) is 4. The largest absolute Gasteiger partial charge is 0.355 e. The Morgan fingerprint density at radius 1 is 1.53 bits per heavy atom. The molecule has 1 atom stereocenters. The molecule has 0 radical (unpaired) electrons. The molecule has 7 heteroatoms. The molecule has 0 saturated carbocycles. The molecule has 0 aromatic rings. The van der Waals surface area contributed by atoms with Crippen molar-refractivity contribution in [3.63, 3.8) is 0 Å². The number of carbonyl (C=O) groups is 3. The summed E-state index contributed by atoms with van der Waals surface area (Å²) in [6.45, 7) is 2.07. The lowest BCUT2D eigenvalue weighted by Crippen LogP contribution is -2.41. The Morgan fingerprint density at radius 3 is 2.82 bits per heavy atom. The van der Waals surface area contributed by atoms with E-state index in [1.807, 2.05) is 6.26 Å². The molecule has 0 aromatic carbocycles. The quantitative estimate of drug-likeness (QED) is 0.647. The average molecular weight is 259 g/mol. The second-order valence-electron chi connectivity index (χ2n) is 3.66. The molecule has 4 amide bonds. The van der Waals surface area contributed by atoms with Gasteiger partial charge < -0.3 is 10.6 Å². The number of nitrogens with zero attached hydrogens (tertiary/aromatic N) is 1. The van der Waals surface area contributed by atoms with Crippen molar-refractivity contribution in [2.75, 3.05) is 25.1 Å². The molecule has 0 bridgehead atoms. The normalized spacial score (nSPS) is 19.4. The molecule has 1 rings (SSSR count). The third-order valence-electron chi connectivity index (χ3n) is 2.39. The monoisotopic (exact) mass is 259 g/mol. The number of nitrogens with one attached hydrogen (secondary N) is 2. The van der Waals surface area contributed by atoms with E-state index in [0.29, 0.717) is 13.0 Å². The van der Waals surface area contributed by atoms with Gasteiger partial charge in [-0.1, -0.05) is 0 Å². The van der Waals surface area contributed by atoms with Crippen LogP contribution >= 0.6 is 11.8 Å². The summed E-state index contributed by atoms with van der Waals surface area (Å²) in [4.78, 5) is 35.6. The van der Waals surface area contributed by atoms with Gasteiger partial charge in [0.25, 0.3) is 5.91 Å². The number of imide groups is 1. The van der Waals surface area contributed by atoms with Crippen molar-refractivity contribution >= 4 is 29.6 Å². The van der Waals surface area contributed by atoms with Crippen molar-refractivity contribution in [1.82, 2.24) is 15.5 Å². The van der Waals surface area contributed by atoms with E-state index < -0.39 is 12.1 Å². The van der Waals surface area contributed by atoms with Crippen LogP contribution in [0.3, 0.4) is 0 Å². The SMILES string of the molecule is CCNC(=O)CN1C(=O)NC(CCSC)C1=O. The Kier molecular flexibility index (Phi) is 5.27. The molecule has 1 heterocycles. The van der Waals surface area contributed by atoms with E-state index in [9.17, 15) is 14.4 Å². The Balaban J connectivity index is 2.53. The van der Waals surface area contributed by atoms with Crippen LogP contribution in [-0.2, 0) is 9.59 Å². The summed E-state index contributed by atoms with van der Waals surface area (Å²) in [7, 11) is 0. The molecule has 2 N–H and O–H groups in total. The molecule has 0 aliphatic carbocycles. The molecule has 6 nitrogen and oxygen atoms in total. The van der Waals surface area contributed by atoms with Crippen LogP contribution in [0.5, 0.6) is 0 Å². The minimum atomic E-state index is -0.482. The lowest BCUT2D eigenvalue weighted by Gasteiger charge is -2.12. The van der Waals surface area contributed by atoms with Crippen molar-refractivity contribution in [2.24, 2.45) is 0 Å². The van der Waals surface area contributed by atoms with Gasteiger partial charge in [-0.3, -0.25) is 14.5 Å². The molecule has 96 valence electrons. The predicted molar refractivity (Wildman–Crippen MR) is 65.7 cm³/mol. The number of hydrogen-bond donors (Lipinski definition) is 2. The first-order chi connectivity index (χ1) is 8.10. The summed E-state index contributed by atoms with van der Waals surface area (Å²) in [5.41, 5.74) is 0. The molecule has 1 unspecified atom stereocenters. The fourth-order valence-corrected chi connectivity index (χ4v) is 2.03. The van der Waals surface area contributed by atoms with Gasteiger partial charge in [-0.05, 0) is 25.4 Å². The van der Waals surface area contributed by atoms with Crippen molar-refractivity contribution < 1.29 is 14.4 Å². The third kappa shape index (κ3) is 3.62.